The SMILES string of the molecule is Nc1nc(Oc2cccc(I)c2)c2sccc2n1. The molecule has 0 bridgehead atoms. The monoisotopic (exact) mass is 369 g/mol. The van der Waals surface area contributed by atoms with E-state index >= 15 is 0 Å². The Morgan fingerprint density at radius 3 is 2.94 bits per heavy atom. The Bertz CT molecular complexity index is 713. The van der Waals surface area contributed by atoms with Crippen LogP contribution in [0.15, 0.2) is 35.7 Å². The zero-order valence-electron chi connectivity index (χ0n) is 9.13. The lowest BCUT2D eigenvalue weighted by molar-refractivity contribution is 0.470. The van der Waals surface area contributed by atoms with E-state index in [1.54, 1.807) is 0 Å². The van der Waals surface area contributed by atoms with Crippen LogP contribution < -0.4 is 10.5 Å². The van der Waals surface area contributed by atoms with E-state index in [1.165, 1.54) is 11.3 Å². The maximum Gasteiger partial charge on any atom is 0.242 e. The van der Waals surface area contributed by atoms with E-state index in [9.17, 15) is 0 Å². The van der Waals surface area contributed by atoms with Crippen molar-refractivity contribution in [3.63, 3.8) is 0 Å². The molecule has 2 aromatic heterocycles. The second-order valence-corrected chi connectivity index (χ2v) is 5.74. The number of ether oxygens (including phenoxy) is 1. The van der Waals surface area contributed by atoms with E-state index in [2.05, 4.69) is 32.6 Å². The summed E-state index contributed by atoms with van der Waals surface area (Å²) >= 11 is 3.78. The third-order valence-corrected chi connectivity index (χ3v) is 3.86. The summed E-state index contributed by atoms with van der Waals surface area (Å²) in [7, 11) is 0. The number of fused-ring (bicyclic) bond motifs is 1. The fourth-order valence-electron chi connectivity index (χ4n) is 1.57. The van der Waals surface area contributed by atoms with Crippen LogP contribution in [0.1, 0.15) is 0 Å². The van der Waals surface area contributed by atoms with Gasteiger partial charge in [-0.1, -0.05) is 6.07 Å². The highest BCUT2D eigenvalue weighted by Gasteiger charge is 2.09. The molecule has 4 nitrogen and oxygen atoms in total. The molecule has 0 fully saturated rings. The topological polar surface area (TPSA) is 61.0 Å². The Hall–Kier alpha value is -1.41. The highest BCUT2D eigenvalue weighted by atomic mass is 127. The molecule has 0 spiro atoms. The maximum atomic E-state index is 5.79. The van der Waals surface area contributed by atoms with Gasteiger partial charge in [0.25, 0.3) is 0 Å². The summed E-state index contributed by atoms with van der Waals surface area (Å²) in [6.45, 7) is 0. The third-order valence-electron chi connectivity index (χ3n) is 2.30. The van der Waals surface area contributed by atoms with Gasteiger partial charge in [-0.15, -0.1) is 11.3 Å². The first-order valence-corrected chi connectivity index (χ1v) is 7.12. The molecule has 0 saturated carbocycles. The van der Waals surface area contributed by atoms with E-state index < -0.39 is 0 Å². The van der Waals surface area contributed by atoms with Gasteiger partial charge in [0.2, 0.25) is 11.8 Å². The molecule has 2 heterocycles. The Morgan fingerprint density at radius 2 is 2.11 bits per heavy atom. The van der Waals surface area contributed by atoms with Gasteiger partial charge >= 0.3 is 0 Å². The van der Waals surface area contributed by atoms with Crippen LogP contribution in [0.2, 0.25) is 0 Å². The molecule has 2 N–H and O–H groups in total. The molecular weight excluding hydrogens is 361 g/mol. The smallest absolute Gasteiger partial charge is 0.242 e. The van der Waals surface area contributed by atoms with Gasteiger partial charge in [0.15, 0.2) is 0 Å². The van der Waals surface area contributed by atoms with Crippen molar-refractivity contribution in [1.82, 2.24) is 9.97 Å². The lowest BCUT2D eigenvalue weighted by Crippen LogP contribution is -1.97. The summed E-state index contributed by atoms with van der Waals surface area (Å²) < 4.78 is 7.80. The predicted molar refractivity (Wildman–Crippen MR) is 81.1 cm³/mol. The van der Waals surface area contributed by atoms with Crippen LogP contribution in [0.25, 0.3) is 10.2 Å². The van der Waals surface area contributed by atoms with Crippen molar-refractivity contribution in [3.05, 3.63) is 39.3 Å². The van der Waals surface area contributed by atoms with E-state index in [0.717, 1.165) is 19.5 Å². The Labute approximate surface area is 121 Å². The van der Waals surface area contributed by atoms with Crippen molar-refractivity contribution in [3.8, 4) is 11.6 Å². The first-order valence-electron chi connectivity index (χ1n) is 5.16. The molecule has 90 valence electrons. The lowest BCUT2D eigenvalue weighted by Gasteiger charge is -2.06. The zero-order chi connectivity index (χ0) is 12.5. The highest BCUT2D eigenvalue weighted by Crippen LogP contribution is 2.32. The van der Waals surface area contributed by atoms with Gasteiger partial charge in [-0.3, -0.25) is 0 Å². The van der Waals surface area contributed by atoms with E-state index in [0.29, 0.717) is 5.88 Å². The van der Waals surface area contributed by atoms with Crippen LogP contribution >= 0.6 is 33.9 Å². The second kappa shape index (κ2) is 4.69. The van der Waals surface area contributed by atoms with Crippen molar-refractivity contribution in [2.24, 2.45) is 0 Å². The number of aromatic nitrogens is 2. The molecule has 0 aliphatic carbocycles. The van der Waals surface area contributed by atoms with Crippen molar-refractivity contribution >= 4 is 50.1 Å². The van der Waals surface area contributed by atoms with E-state index in [-0.39, 0.29) is 5.95 Å². The molecule has 0 unspecified atom stereocenters. The maximum absolute atomic E-state index is 5.79. The van der Waals surface area contributed by atoms with Gasteiger partial charge in [-0.2, -0.15) is 4.98 Å². The number of hydrogen-bond acceptors (Lipinski definition) is 5. The van der Waals surface area contributed by atoms with Gasteiger partial charge in [0, 0.05) is 3.57 Å². The Kier molecular flexibility index (Phi) is 3.04. The average molecular weight is 369 g/mol. The molecule has 0 aliphatic heterocycles. The van der Waals surface area contributed by atoms with Crippen LogP contribution in [-0.2, 0) is 0 Å². The van der Waals surface area contributed by atoms with Crippen LogP contribution in [0.3, 0.4) is 0 Å². The molecule has 18 heavy (non-hydrogen) atoms. The molecule has 3 rings (SSSR count). The molecule has 0 saturated heterocycles. The summed E-state index contributed by atoms with van der Waals surface area (Å²) in [5, 5.41) is 1.94. The van der Waals surface area contributed by atoms with Crippen LogP contribution in [0.5, 0.6) is 11.6 Å². The summed E-state index contributed by atoms with van der Waals surface area (Å²) in [5.41, 5.74) is 6.48. The summed E-state index contributed by atoms with van der Waals surface area (Å²) in [6, 6.07) is 9.67. The number of nitrogen functional groups attached to an aromatic ring is 1. The number of thiophene rings is 1. The second-order valence-electron chi connectivity index (χ2n) is 3.58. The summed E-state index contributed by atoms with van der Waals surface area (Å²) in [5.74, 6) is 1.48. The normalized spacial score (nSPS) is 10.7. The minimum absolute atomic E-state index is 0.224. The van der Waals surface area contributed by atoms with Gasteiger partial charge in [0.1, 0.15) is 10.4 Å². The minimum atomic E-state index is 0.224. The van der Waals surface area contributed by atoms with Crippen LogP contribution in [0.4, 0.5) is 5.95 Å². The minimum Gasteiger partial charge on any atom is -0.437 e. The average Bonchev–Trinajstić information content (AvgIpc) is 2.77. The fourth-order valence-corrected chi connectivity index (χ4v) is 2.84. The quantitative estimate of drug-likeness (QED) is 0.701. The van der Waals surface area contributed by atoms with Crippen LogP contribution in [0, 0.1) is 3.57 Å². The summed E-state index contributed by atoms with van der Waals surface area (Å²) in [6.07, 6.45) is 0. The summed E-state index contributed by atoms with van der Waals surface area (Å²) in [4.78, 5) is 8.30. The fraction of sp³-hybridized carbons (Fsp3) is 0. The van der Waals surface area contributed by atoms with Gasteiger partial charge in [-0.05, 0) is 52.2 Å². The molecule has 6 heteroatoms. The number of benzene rings is 1. The number of nitrogens with zero attached hydrogens (tertiary/aromatic N) is 2. The number of anilines is 1. The first-order chi connectivity index (χ1) is 8.72. The predicted octanol–water partition coefficient (Wildman–Crippen LogP) is 3.67. The number of rotatable bonds is 2. The number of nitrogens with two attached hydrogens (primary N) is 1. The largest absolute Gasteiger partial charge is 0.437 e. The van der Waals surface area contributed by atoms with E-state index in [1.807, 2.05) is 35.7 Å². The zero-order valence-corrected chi connectivity index (χ0v) is 12.1. The third kappa shape index (κ3) is 2.25. The number of halogens is 1. The van der Waals surface area contributed by atoms with Crippen LogP contribution in [-0.4, -0.2) is 9.97 Å². The first kappa shape index (κ1) is 11.7. The van der Waals surface area contributed by atoms with Crippen molar-refractivity contribution in [1.29, 1.82) is 0 Å². The molecule has 0 aliphatic rings. The Morgan fingerprint density at radius 1 is 1.22 bits per heavy atom. The van der Waals surface area contributed by atoms with Crippen molar-refractivity contribution < 1.29 is 4.74 Å². The molecule has 1 aromatic carbocycles. The van der Waals surface area contributed by atoms with Gasteiger partial charge in [-0.25, -0.2) is 4.98 Å². The molecule has 0 atom stereocenters. The van der Waals surface area contributed by atoms with E-state index in [4.69, 9.17) is 10.5 Å². The molecule has 0 amide bonds. The Balaban J connectivity index is 2.06. The van der Waals surface area contributed by atoms with Crippen molar-refractivity contribution in [2.45, 2.75) is 0 Å². The molecular formula is C12H8IN3OS. The van der Waals surface area contributed by atoms with Crippen molar-refractivity contribution in [2.75, 3.05) is 5.73 Å². The highest BCUT2D eigenvalue weighted by molar-refractivity contribution is 14.1. The number of hydrogen-bond donors (Lipinski definition) is 1. The van der Waals surface area contributed by atoms with Gasteiger partial charge < -0.3 is 10.5 Å². The lowest BCUT2D eigenvalue weighted by atomic mass is 10.3. The standard InChI is InChI=1S/C12H8IN3OS/c13-7-2-1-3-8(6-7)17-11-10-9(4-5-18-10)15-12(14)16-11/h1-6H,(H2,14,15,16). The van der Waals surface area contributed by atoms with Gasteiger partial charge in [0.05, 0.1) is 5.52 Å². The molecule has 3 aromatic rings. The molecule has 0 radical (unpaired) electrons.